The van der Waals surface area contributed by atoms with Gasteiger partial charge in [-0.05, 0) is 29.7 Å². The molecule has 1 aliphatic heterocycles. The number of hydrogen-bond donors (Lipinski definition) is 0. The third-order valence-corrected chi connectivity index (χ3v) is 7.03. The number of amides is 1. The number of unbranched alkanes of at least 4 members (excludes halogenated alkanes) is 4. The molecule has 0 radical (unpaired) electrons. The molecule has 0 saturated carbocycles. The lowest BCUT2D eigenvalue weighted by atomic mass is 9.93. The van der Waals surface area contributed by atoms with E-state index in [0.29, 0.717) is 0 Å². The molecule has 33 heavy (non-hydrogen) atoms. The molecule has 0 aliphatic carbocycles. The molecule has 0 spiro atoms. The number of benzene rings is 3. The van der Waals surface area contributed by atoms with Crippen LogP contribution in [0.2, 0.25) is 0 Å². The first-order chi connectivity index (χ1) is 16.2. The normalized spacial score (nSPS) is 15.4. The third-order valence-electron chi connectivity index (χ3n) is 7.03. The van der Waals surface area contributed by atoms with Crippen LogP contribution in [0.3, 0.4) is 0 Å². The van der Waals surface area contributed by atoms with Crippen molar-refractivity contribution in [1.29, 1.82) is 0 Å². The molecule has 0 saturated heterocycles. The van der Waals surface area contributed by atoms with Crippen molar-refractivity contribution >= 4 is 16.8 Å². The van der Waals surface area contributed by atoms with Crippen molar-refractivity contribution in [3.63, 3.8) is 0 Å². The summed E-state index contributed by atoms with van der Waals surface area (Å²) in [6.45, 7) is 3.03. The Morgan fingerprint density at radius 3 is 2.30 bits per heavy atom. The number of rotatable bonds is 8. The number of carbonyl (C=O) groups is 1. The Morgan fingerprint density at radius 2 is 1.48 bits per heavy atom. The second-order valence-electron chi connectivity index (χ2n) is 9.11. The van der Waals surface area contributed by atoms with Gasteiger partial charge < -0.3 is 9.47 Å². The zero-order valence-electron chi connectivity index (χ0n) is 19.6. The summed E-state index contributed by atoms with van der Waals surface area (Å²) in [6, 6.07) is 27.3. The van der Waals surface area contributed by atoms with Gasteiger partial charge in [0.25, 0.3) is 5.91 Å². The topological polar surface area (TPSA) is 25.2 Å². The van der Waals surface area contributed by atoms with Crippen LogP contribution in [-0.4, -0.2) is 21.9 Å². The fourth-order valence-corrected chi connectivity index (χ4v) is 5.44. The number of hydrogen-bond acceptors (Lipinski definition) is 1. The van der Waals surface area contributed by atoms with Gasteiger partial charge in [0, 0.05) is 35.6 Å². The fourth-order valence-electron chi connectivity index (χ4n) is 5.44. The summed E-state index contributed by atoms with van der Waals surface area (Å²) in [5, 5.41) is 1.23. The Morgan fingerprint density at radius 1 is 0.788 bits per heavy atom. The molecule has 1 atom stereocenters. The van der Waals surface area contributed by atoms with Crippen LogP contribution in [0.4, 0.5) is 0 Å². The third kappa shape index (κ3) is 3.76. The zero-order valence-corrected chi connectivity index (χ0v) is 19.6. The average molecular weight is 437 g/mol. The van der Waals surface area contributed by atoms with Crippen LogP contribution in [0.15, 0.2) is 78.9 Å². The highest BCUT2D eigenvalue weighted by Crippen LogP contribution is 2.46. The lowest BCUT2D eigenvalue weighted by Crippen LogP contribution is -2.30. The molecule has 4 aromatic rings. The molecule has 0 N–H and O–H groups in total. The van der Waals surface area contributed by atoms with E-state index in [4.69, 9.17) is 0 Å². The highest BCUT2D eigenvalue weighted by molar-refractivity contribution is 6.02. The smallest absolute Gasteiger partial charge is 0.255 e. The highest BCUT2D eigenvalue weighted by Gasteiger charge is 2.40. The first kappa shape index (κ1) is 21.5. The Kier molecular flexibility index (Phi) is 6.04. The summed E-state index contributed by atoms with van der Waals surface area (Å²) in [7, 11) is 2.14. The first-order valence-electron chi connectivity index (χ1n) is 12.2. The van der Waals surface area contributed by atoms with Gasteiger partial charge in [0.1, 0.15) is 0 Å². The van der Waals surface area contributed by atoms with Gasteiger partial charge in [-0.1, -0.05) is 99.3 Å². The highest BCUT2D eigenvalue weighted by atomic mass is 16.2. The second-order valence-corrected chi connectivity index (χ2v) is 9.11. The van der Waals surface area contributed by atoms with E-state index in [1.807, 2.05) is 12.1 Å². The van der Waals surface area contributed by atoms with Gasteiger partial charge in [-0.15, -0.1) is 0 Å². The maximum absolute atomic E-state index is 13.6. The van der Waals surface area contributed by atoms with E-state index < -0.39 is 0 Å². The molecular weight excluding hydrogens is 404 g/mol. The molecule has 2 heterocycles. The molecule has 1 amide bonds. The van der Waals surface area contributed by atoms with Gasteiger partial charge >= 0.3 is 0 Å². The zero-order chi connectivity index (χ0) is 22.8. The molecule has 5 rings (SSSR count). The minimum absolute atomic E-state index is 0.0684. The van der Waals surface area contributed by atoms with Crippen LogP contribution >= 0.6 is 0 Å². The summed E-state index contributed by atoms with van der Waals surface area (Å²) in [4.78, 5) is 15.7. The van der Waals surface area contributed by atoms with Crippen molar-refractivity contribution in [3.8, 4) is 11.3 Å². The monoisotopic (exact) mass is 436 g/mol. The molecule has 0 bridgehead atoms. The van der Waals surface area contributed by atoms with Crippen LogP contribution in [0.25, 0.3) is 22.2 Å². The quantitative estimate of drug-likeness (QED) is 0.265. The number of aryl methyl sites for hydroxylation is 1. The van der Waals surface area contributed by atoms with E-state index in [0.717, 1.165) is 24.1 Å². The summed E-state index contributed by atoms with van der Waals surface area (Å²) in [6.07, 6.45) is 5.94. The van der Waals surface area contributed by atoms with E-state index >= 15 is 0 Å². The minimum Gasteiger partial charge on any atom is -0.343 e. The molecule has 1 unspecified atom stereocenters. The number of carbonyl (C=O) groups excluding carboxylic acids is 1. The maximum atomic E-state index is 13.6. The molecule has 3 aromatic carbocycles. The summed E-state index contributed by atoms with van der Waals surface area (Å²) < 4.78 is 2.30. The predicted molar refractivity (Wildman–Crippen MR) is 136 cm³/mol. The Balaban J connectivity index is 1.67. The number of para-hydroxylation sites is 1. The minimum atomic E-state index is -0.0684. The number of fused-ring (bicyclic) bond motifs is 2. The van der Waals surface area contributed by atoms with Crippen LogP contribution < -0.4 is 0 Å². The Hall–Kier alpha value is -3.33. The Bertz CT molecular complexity index is 1270. The molecule has 3 heteroatoms. The molecule has 3 nitrogen and oxygen atoms in total. The molecule has 1 aromatic heterocycles. The number of aromatic nitrogens is 1. The van der Waals surface area contributed by atoms with Gasteiger partial charge in [0.15, 0.2) is 0 Å². The largest absolute Gasteiger partial charge is 0.343 e. The van der Waals surface area contributed by atoms with Crippen molar-refractivity contribution in [2.45, 2.75) is 45.1 Å². The first-order valence-corrected chi connectivity index (χ1v) is 12.2. The van der Waals surface area contributed by atoms with Crippen molar-refractivity contribution in [2.75, 3.05) is 6.54 Å². The second kappa shape index (κ2) is 9.27. The van der Waals surface area contributed by atoms with Gasteiger partial charge in [-0.2, -0.15) is 0 Å². The molecule has 1 aliphatic rings. The van der Waals surface area contributed by atoms with E-state index in [2.05, 4.69) is 90.2 Å². The average Bonchev–Trinajstić information content (AvgIpc) is 3.30. The van der Waals surface area contributed by atoms with Crippen LogP contribution in [0.1, 0.15) is 66.6 Å². The predicted octanol–water partition coefficient (Wildman–Crippen LogP) is 7.36. The van der Waals surface area contributed by atoms with Gasteiger partial charge in [-0.3, -0.25) is 4.79 Å². The number of nitrogens with zero attached hydrogens (tertiary/aromatic N) is 2. The van der Waals surface area contributed by atoms with Gasteiger partial charge in [-0.25, -0.2) is 0 Å². The SMILES string of the molecule is CCCCCCCN1C(=O)c2ccccc2C1c1c(-c2ccccc2)n(C)c2ccccc12. The van der Waals surface area contributed by atoms with E-state index in [9.17, 15) is 4.79 Å². The van der Waals surface area contributed by atoms with E-state index in [1.54, 1.807) is 0 Å². The lowest BCUT2D eigenvalue weighted by Gasteiger charge is -2.27. The van der Waals surface area contributed by atoms with Crippen LogP contribution in [-0.2, 0) is 7.05 Å². The van der Waals surface area contributed by atoms with E-state index in [1.165, 1.54) is 53.4 Å². The Labute approximate surface area is 196 Å². The fraction of sp³-hybridized carbons (Fsp3) is 0.300. The van der Waals surface area contributed by atoms with Crippen molar-refractivity contribution < 1.29 is 4.79 Å². The summed E-state index contributed by atoms with van der Waals surface area (Å²) >= 11 is 0. The van der Waals surface area contributed by atoms with Gasteiger partial charge in [0.05, 0.1) is 11.7 Å². The summed E-state index contributed by atoms with van der Waals surface area (Å²) in [5.41, 5.74) is 6.80. The lowest BCUT2D eigenvalue weighted by molar-refractivity contribution is 0.0747. The van der Waals surface area contributed by atoms with Crippen LogP contribution in [0.5, 0.6) is 0 Å². The molecular formula is C30H32N2O. The molecule has 168 valence electrons. The van der Waals surface area contributed by atoms with Crippen molar-refractivity contribution in [3.05, 3.63) is 95.6 Å². The maximum Gasteiger partial charge on any atom is 0.255 e. The van der Waals surface area contributed by atoms with E-state index in [-0.39, 0.29) is 11.9 Å². The van der Waals surface area contributed by atoms with Crippen LogP contribution in [0, 0.1) is 0 Å². The standard InChI is InChI=1S/C30H32N2O/c1-3-4-5-6-14-21-32-29(23-17-10-11-18-24(23)30(32)33)27-25-19-12-13-20-26(25)31(2)28(27)22-15-8-7-9-16-22/h7-13,15-20,29H,3-6,14,21H2,1-2H3. The summed E-state index contributed by atoms with van der Waals surface area (Å²) in [5.74, 6) is 0.165. The van der Waals surface area contributed by atoms with Gasteiger partial charge in [0.2, 0.25) is 0 Å². The van der Waals surface area contributed by atoms with Crippen molar-refractivity contribution in [1.82, 2.24) is 9.47 Å². The van der Waals surface area contributed by atoms with Crippen molar-refractivity contribution in [2.24, 2.45) is 7.05 Å². The molecule has 0 fully saturated rings.